The number of aliphatic hydroxyl groups is 5. The van der Waals surface area contributed by atoms with Gasteiger partial charge in [0.2, 0.25) is 6.29 Å². The Hall–Kier alpha value is -1.56. The van der Waals surface area contributed by atoms with Gasteiger partial charge in [-0.25, -0.2) is 0 Å². The lowest BCUT2D eigenvalue weighted by Gasteiger charge is -2.70. The molecule has 0 bridgehead atoms. The third kappa shape index (κ3) is 4.49. The third-order valence-electron chi connectivity index (χ3n) is 14.9. The topological polar surface area (TPSA) is 174 Å². The SMILES string of the molecule is CC1(C)CC[C@]2(C(=O)O[C@@H]3O[C@H](CO)[C@@H](O)[C@H](O)[C@H]3O)CC[C@]3(C(=O)O)C(=CC[C@@H]4[C@@]5(C)CC[C@H](O)C(C)(C)[C@@H]5CC[C@]43C)[C@H]2C1. The van der Waals surface area contributed by atoms with Gasteiger partial charge in [0.15, 0.2) is 0 Å². The van der Waals surface area contributed by atoms with Crippen LogP contribution in [0.25, 0.3) is 0 Å². The van der Waals surface area contributed by atoms with Crippen molar-refractivity contribution in [2.45, 2.75) is 143 Å². The molecular weight excluding hydrogens is 592 g/mol. The van der Waals surface area contributed by atoms with Crippen molar-refractivity contribution in [3.05, 3.63) is 11.6 Å². The predicted octanol–water partition coefficient (Wildman–Crippen LogP) is 3.56. The van der Waals surface area contributed by atoms with E-state index < -0.39 is 71.4 Å². The van der Waals surface area contributed by atoms with Crippen LogP contribution in [0.5, 0.6) is 0 Å². The smallest absolute Gasteiger partial charge is 0.315 e. The van der Waals surface area contributed by atoms with Crippen molar-refractivity contribution in [2.24, 2.45) is 50.2 Å². The number of carbonyl (C=O) groups excluding carboxylic acids is 1. The average Bonchev–Trinajstić information content (AvgIpc) is 2.98. The molecule has 1 saturated heterocycles. The maximum atomic E-state index is 14.4. The van der Waals surface area contributed by atoms with Crippen molar-refractivity contribution in [3.8, 4) is 0 Å². The summed E-state index contributed by atoms with van der Waals surface area (Å²) >= 11 is 0. The molecule has 5 aliphatic carbocycles. The van der Waals surface area contributed by atoms with E-state index in [-0.39, 0.29) is 40.6 Å². The number of carbonyl (C=O) groups is 2. The monoisotopic (exact) mass is 648 g/mol. The zero-order chi connectivity index (χ0) is 33.8. The lowest BCUT2D eigenvalue weighted by Crippen LogP contribution is -2.67. The Morgan fingerprint density at radius 2 is 1.54 bits per heavy atom. The maximum Gasteiger partial charge on any atom is 0.315 e. The highest BCUT2D eigenvalue weighted by Gasteiger charge is 2.73. The Morgan fingerprint density at radius 3 is 2.20 bits per heavy atom. The molecule has 0 amide bonds. The first-order valence-corrected chi connectivity index (χ1v) is 17.5. The molecule has 260 valence electrons. The number of aliphatic carboxylic acids is 1. The number of fused-ring (bicyclic) bond motifs is 7. The molecule has 0 unspecified atom stereocenters. The second-order valence-corrected chi connectivity index (χ2v) is 17.7. The third-order valence-corrected chi connectivity index (χ3v) is 14.9. The van der Waals surface area contributed by atoms with Crippen LogP contribution >= 0.6 is 0 Å². The molecule has 13 atom stereocenters. The highest BCUT2D eigenvalue weighted by atomic mass is 16.7. The summed E-state index contributed by atoms with van der Waals surface area (Å²) in [6.45, 7) is 12.5. The van der Waals surface area contributed by atoms with Crippen LogP contribution in [0, 0.1) is 50.2 Å². The molecule has 4 saturated carbocycles. The first kappa shape index (κ1) is 34.3. The van der Waals surface area contributed by atoms with Gasteiger partial charge in [0.1, 0.15) is 24.4 Å². The fraction of sp³-hybridized carbons (Fsp3) is 0.889. The molecule has 10 nitrogen and oxygen atoms in total. The minimum atomic E-state index is -1.71. The maximum absolute atomic E-state index is 14.4. The van der Waals surface area contributed by atoms with Gasteiger partial charge in [0.25, 0.3) is 0 Å². The normalized spacial score (nSPS) is 50.9. The Kier molecular flexibility index (Phi) is 8.18. The van der Waals surface area contributed by atoms with Crippen LogP contribution in [0.2, 0.25) is 0 Å². The van der Waals surface area contributed by atoms with Crippen molar-refractivity contribution in [1.82, 2.24) is 0 Å². The van der Waals surface area contributed by atoms with Gasteiger partial charge in [-0.15, -0.1) is 0 Å². The second-order valence-electron chi connectivity index (χ2n) is 17.7. The zero-order valence-electron chi connectivity index (χ0n) is 28.4. The van der Waals surface area contributed by atoms with Gasteiger partial charge in [0.05, 0.1) is 23.5 Å². The lowest BCUT2D eigenvalue weighted by molar-refractivity contribution is -0.297. The number of carboxylic acid groups (broad SMARTS) is 1. The Bertz CT molecular complexity index is 1280. The fourth-order valence-electron chi connectivity index (χ4n) is 12.1. The number of esters is 1. The number of hydrogen-bond acceptors (Lipinski definition) is 9. The summed E-state index contributed by atoms with van der Waals surface area (Å²) in [7, 11) is 0. The molecule has 0 aromatic heterocycles. The first-order valence-electron chi connectivity index (χ1n) is 17.5. The van der Waals surface area contributed by atoms with E-state index in [2.05, 4.69) is 47.6 Å². The molecule has 5 fully saturated rings. The van der Waals surface area contributed by atoms with Crippen LogP contribution < -0.4 is 0 Å². The van der Waals surface area contributed by atoms with Crippen molar-refractivity contribution in [3.63, 3.8) is 0 Å². The van der Waals surface area contributed by atoms with Crippen LogP contribution in [-0.4, -0.2) is 86.0 Å². The Morgan fingerprint density at radius 1 is 0.870 bits per heavy atom. The van der Waals surface area contributed by atoms with Gasteiger partial charge in [-0.1, -0.05) is 53.2 Å². The molecule has 6 aliphatic rings. The summed E-state index contributed by atoms with van der Waals surface area (Å²) in [6.07, 6.45) is 0.307. The minimum Gasteiger partial charge on any atom is -0.481 e. The van der Waals surface area contributed by atoms with Crippen molar-refractivity contribution < 1.29 is 49.7 Å². The number of aliphatic hydroxyl groups excluding tert-OH is 5. The van der Waals surface area contributed by atoms with Gasteiger partial charge in [-0.2, -0.15) is 0 Å². The second kappa shape index (κ2) is 11.0. The van der Waals surface area contributed by atoms with Gasteiger partial charge in [-0.05, 0) is 104 Å². The largest absolute Gasteiger partial charge is 0.481 e. The molecule has 1 heterocycles. The molecule has 46 heavy (non-hydrogen) atoms. The van der Waals surface area contributed by atoms with E-state index in [1.165, 1.54) is 0 Å². The van der Waals surface area contributed by atoms with Crippen LogP contribution in [0.4, 0.5) is 0 Å². The van der Waals surface area contributed by atoms with E-state index in [4.69, 9.17) is 9.47 Å². The van der Waals surface area contributed by atoms with Crippen molar-refractivity contribution in [2.75, 3.05) is 6.61 Å². The molecule has 10 heteroatoms. The standard InChI is InChI=1S/C36H56O10/c1-31(2)13-14-35(30(44)46-28-27(41)26(40)25(39)21(18-37)45-28)15-16-36(29(42)43)19(20(35)17-31)7-8-23-33(5)11-10-24(38)32(3,4)22(33)9-12-34(23,36)6/h7,20-28,37-41H,8-18H2,1-6H3,(H,42,43)/t20-,21-,22+,23-,24+,25-,26+,27-,28+,33+,34-,35+,36-/m1/s1. The summed E-state index contributed by atoms with van der Waals surface area (Å²) < 4.78 is 11.4. The molecule has 6 N–H and O–H groups in total. The highest BCUT2D eigenvalue weighted by molar-refractivity contribution is 5.85. The van der Waals surface area contributed by atoms with Crippen molar-refractivity contribution >= 4 is 11.9 Å². The number of hydrogen-bond donors (Lipinski definition) is 6. The van der Waals surface area contributed by atoms with E-state index in [0.717, 1.165) is 37.7 Å². The minimum absolute atomic E-state index is 0.107. The van der Waals surface area contributed by atoms with Crippen LogP contribution in [-0.2, 0) is 19.1 Å². The van der Waals surface area contributed by atoms with E-state index >= 15 is 0 Å². The summed E-state index contributed by atoms with van der Waals surface area (Å²) in [5, 5.41) is 63.4. The molecule has 0 radical (unpaired) electrons. The van der Waals surface area contributed by atoms with Crippen LogP contribution in [0.15, 0.2) is 11.6 Å². The molecule has 0 spiro atoms. The Labute approximate surface area is 272 Å². The van der Waals surface area contributed by atoms with E-state index in [1.54, 1.807) is 0 Å². The first-order chi connectivity index (χ1) is 21.3. The molecule has 1 aliphatic heterocycles. The number of rotatable bonds is 4. The molecule has 0 aromatic rings. The lowest BCUT2D eigenvalue weighted by atomic mass is 9.33. The predicted molar refractivity (Wildman–Crippen MR) is 167 cm³/mol. The van der Waals surface area contributed by atoms with E-state index in [9.17, 15) is 40.2 Å². The Balaban J connectivity index is 1.40. The summed E-state index contributed by atoms with van der Waals surface area (Å²) in [4.78, 5) is 28.3. The van der Waals surface area contributed by atoms with Crippen LogP contribution in [0.3, 0.4) is 0 Å². The zero-order valence-corrected chi connectivity index (χ0v) is 28.4. The number of carboxylic acids is 1. The highest BCUT2D eigenvalue weighted by Crippen LogP contribution is 2.76. The van der Waals surface area contributed by atoms with E-state index in [0.29, 0.717) is 25.7 Å². The average molecular weight is 649 g/mol. The summed E-state index contributed by atoms with van der Waals surface area (Å²) in [6, 6.07) is 0. The quantitative estimate of drug-likeness (QED) is 0.195. The number of allylic oxidation sites excluding steroid dienone is 1. The summed E-state index contributed by atoms with van der Waals surface area (Å²) in [5.41, 5.74) is -2.47. The fourth-order valence-corrected chi connectivity index (χ4v) is 12.1. The number of ether oxygens (including phenoxy) is 2. The van der Waals surface area contributed by atoms with Gasteiger partial charge in [0, 0.05) is 0 Å². The van der Waals surface area contributed by atoms with E-state index in [1.807, 2.05) is 0 Å². The summed E-state index contributed by atoms with van der Waals surface area (Å²) in [5.74, 6) is -1.44. The molecular formula is C36H56O10. The molecule has 6 rings (SSSR count). The van der Waals surface area contributed by atoms with Gasteiger partial charge < -0.3 is 40.1 Å². The van der Waals surface area contributed by atoms with Gasteiger partial charge >= 0.3 is 11.9 Å². The van der Waals surface area contributed by atoms with Crippen LogP contribution in [0.1, 0.15) is 106 Å². The molecule has 0 aromatic carbocycles. The van der Waals surface area contributed by atoms with Gasteiger partial charge in [-0.3, -0.25) is 9.59 Å². The van der Waals surface area contributed by atoms with Crippen molar-refractivity contribution in [1.29, 1.82) is 0 Å².